The first-order chi connectivity index (χ1) is 11.3. The van der Waals surface area contributed by atoms with Crippen LogP contribution in [0.5, 0.6) is 0 Å². The molecule has 2 rings (SSSR count). The topological polar surface area (TPSA) is 52.6 Å². The summed E-state index contributed by atoms with van der Waals surface area (Å²) in [7, 11) is -3.90. The molecule has 0 saturated heterocycles. The third-order valence-corrected chi connectivity index (χ3v) is 5.48. The number of carbonyl (C=O) groups excluding carboxylic acids is 1. The molecule has 0 heterocycles. The average molecular weight is 346 g/mol. The van der Waals surface area contributed by atoms with Gasteiger partial charge in [-0.25, -0.2) is 0 Å². The molecule has 0 saturated carbocycles. The fraction of sp³-hybridized carbons (Fsp3) is 0.316. The van der Waals surface area contributed by atoms with Gasteiger partial charge >= 0.3 is 7.60 Å². The van der Waals surface area contributed by atoms with Crippen LogP contribution in [-0.2, 0) is 31.6 Å². The van der Waals surface area contributed by atoms with Crippen molar-refractivity contribution in [3.8, 4) is 0 Å². The van der Waals surface area contributed by atoms with Gasteiger partial charge in [0.15, 0.2) is 0 Å². The Morgan fingerprint density at radius 2 is 1.21 bits per heavy atom. The first kappa shape index (κ1) is 18.6. The first-order valence-electron chi connectivity index (χ1n) is 7.83. The third kappa shape index (κ3) is 5.13. The van der Waals surface area contributed by atoms with E-state index in [1.54, 1.807) is 20.8 Å². The molecule has 0 aromatic heterocycles. The Kier molecular flexibility index (Phi) is 6.11. The predicted octanol–water partition coefficient (Wildman–Crippen LogP) is 5.19. The highest BCUT2D eigenvalue weighted by Gasteiger charge is 2.42. The minimum atomic E-state index is -3.90. The zero-order valence-electron chi connectivity index (χ0n) is 14.3. The molecule has 0 aliphatic heterocycles. The Labute approximate surface area is 143 Å². The summed E-state index contributed by atoms with van der Waals surface area (Å²) < 4.78 is 24.1. The van der Waals surface area contributed by atoms with Gasteiger partial charge in [-0.1, -0.05) is 81.4 Å². The monoisotopic (exact) mass is 346 g/mol. The predicted molar refractivity (Wildman–Crippen MR) is 94.5 cm³/mol. The molecule has 0 atom stereocenters. The van der Waals surface area contributed by atoms with Gasteiger partial charge in [-0.15, -0.1) is 0 Å². The van der Waals surface area contributed by atoms with Crippen molar-refractivity contribution in [3.05, 3.63) is 71.8 Å². The Hall–Kier alpha value is -1.74. The van der Waals surface area contributed by atoms with E-state index in [1.165, 1.54) is 0 Å². The summed E-state index contributed by atoms with van der Waals surface area (Å²) in [6.07, 6.45) is 0. The lowest BCUT2D eigenvalue weighted by molar-refractivity contribution is -0.120. The molecule has 0 aliphatic rings. The molecule has 0 aliphatic carbocycles. The molecule has 5 heteroatoms. The number of benzene rings is 2. The van der Waals surface area contributed by atoms with E-state index in [0.29, 0.717) is 0 Å². The summed E-state index contributed by atoms with van der Waals surface area (Å²) in [6.45, 7) is 5.25. The van der Waals surface area contributed by atoms with Crippen LogP contribution >= 0.6 is 7.60 Å². The summed E-state index contributed by atoms with van der Waals surface area (Å²) in [5.41, 5.74) is 0.343. The van der Waals surface area contributed by atoms with Crippen molar-refractivity contribution in [3.63, 3.8) is 0 Å². The maximum absolute atomic E-state index is 13.1. The van der Waals surface area contributed by atoms with Crippen molar-refractivity contribution in [2.75, 3.05) is 0 Å². The largest absolute Gasteiger partial charge is 0.397 e. The molecular formula is C19H23O4P. The van der Waals surface area contributed by atoms with Crippen LogP contribution in [-0.4, -0.2) is 5.52 Å². The molecule has 24 heavy (non-hydrogen) atoms. The number of hydrogen-bond acceptors (Lipinski definition) is 4. The van der Waals surface area contributed by atoms with Crippen molar-refractivity contribution in [1.82, 2.24) is 0 Å². The van der Waals surface area contributed by atoms with E-state index in [2.05, 4.69) is 0 Å². The molecule has 0 spiro atoms. The molecule has 0 amide bonds. The standard InChI is InChI=1S/C19H23O4P/c1-19(2,3)18(20)24(21,22-14-16-10-6-4-7-11-16)23-15-17-12-8-5-9-13-17/h4-13H,14-15H2,1-3H3. The van der Waals surface area contributed by atoms with E-state index in [-0.39, 0.29) is 13.2 Å². The van der Waals surface area contributed by atoms with E-state index in [9.17, 15) is 9.36 Å². The molecule has 2 aromatic rings. The van der Waals surface area contributed by atoms with Crippen LogP contribution in [0.15, 0.2) is 60.7 Å². The summed E-state index contributed by atoms with van der Waals surface area (Å²) in [5, 5.41) is 0. The zero-order valence-corrected chi connectivity index (χ0v) is 15.2. The van der Waals surface area contributed by atoms with Crippen LogP contribution in [0.25, 0.3) is 0 Å². The van der Waals surface area contributed by atoms with Gasteiger partial charge < -0.3 is 0 Å². The summed E-state index contributed by atoms with van der Waals surface area (Å²) in [4.78, 5) is 12.6. The molecule has 128 valence electrons. The summed E-state index contributed by atoms with van der Waals surface area (Å²) >= 11 is 0. The molecule has 0 radical (unpaired) electrons. The fourth-order valence-electron chi connectivity index (χ4n) is 2.03. The number of rotatable bonds is 7. The van der Waals surface area contributed by atoms with E-state index >= 15 is 0 Å². The second-order valence-electron chi connectivity index (χ2n) is 6.57. The van der Waals surface area contributed by atoms with Crippen LogP contribution in [0.3, 0.4) is 0 Å². The molecule has 0 bridgehead atoms. The highest BCUT2D eigenvalue weighted by Crippen LogP contribution is 2.55. The van der Waals surface area contributed by atoms with Crippen molar-refractivity contribution < 1.29 is 18.4 Å². The van der Waals surface area contributed by atoms with Crippen LogP contribution in [0, 0.1) is 5.41 Å². The smallest absolute Gasteiger partial charge is 0.298 e. The Morgan fingerprint density at radius 1 is 0.833 bits per heavy atom. The zero-order chi connectivity index (χ0) is 17.6. The van der Waals surface area contributed by atoms with Crippen molar-refractivity contribution in [1.29, 1.82) is 0 Å². The molecule has 4 nitrogen and oxygen atoms in total. The van der Waals surface area contributed by atoms with Gasteiger partial charge in [0.05, 0.1) is 13.2 Å². The first-order valence-corrected chi connectivity index (χ1v) is 9.37. The molecular weight excluding hydrogens is 323 g/mol. The van der Waals surface area contributed by atoms with E-state index < -0.39 is 18.5 Å². The van der Waals surface area contributed by atoms with Crippen molar-refractivity contribution in [2.45, 2.75) is 34.0 Å². The SMILES string of the molecule is CC(C)(C)C(=O)P(=O)(OCc1ccccc1)OCc1ccccc1. The lowest BCUT2D eigenvalue weighted by Crippen LogP contribution is -2.22. The van der Waals surface area contributed by atoms with E-state index in [1.807, 2.05) is 60.7 Å². The van der Waals surface area contributed by atoms with Gasteiger partial charge in [-0.05, 0) is 11.1 Å². The Morgan fingerprint density at radius 3 is 1.54 bits per heavy atom. The Bertz CT molecular complexity index is 658. The van der Waals surface area contributed by atoms with Gasteiger partial charge in [0.25, 0.3) is 0 Å². The highest BCUT2D eigenvalue weighted by molar-refractivity contribution is 7.71. The highest BCUT2D eigenvalue weighted by atomic mass is 31.2. The van der Waals surface area contributed by atoms with Crippen LogP contribution in [0.1, 0.15) is 31.9 Å². The van der Waals surface area contributed by atoms with Crippen LogP contribution in [0.4, 0.5) is 0 Å². The Balaban J connectivity index is 2.14. The van der Waals surface area contributed by atoms with Gasteiger partial charge in [0.2, 0.25) is 5.52 Å². The van der Waals surface area contributed by atoms with Gasteiger partial charge in [0, 0.05) is 5.41 Å². The molecule has 2 aromatic carbocycles. The number of carbonyl (C=O) groups is 1. The summed E-state index contributed by atoms with van der Waals surface area (Å²) in [6, 6.07) is 18.6. The second kappa shape index (κ2) is 7.89. The quantitative estimate of drug-likeness (QED) is 0.648. The number of hydrogen-bond donors (Lipinski definition) is 0. The normalized spacial score (nSPS) is 12.1. The fourth-order valence-corrected chi connectivity index (χ4v) is 3.80. The van der Waals surface area contributed by atoms with Crippen molar-refractivity contribution >= 4 is 13.1 Å². The lowest BCUT2D eigenvalue weighted by Gasteiger charge is -2.24. The third-order valence-electron chi connectivity index (χ3n) is 3.38. The van der Waals surface area contributed by atoms with Crippen molar-refractivity contribution in [2.24, 2.45) is 5.41 Å². The molecule has 0 unspecified atom stereocenters. The minimum absolute atomic E-state index is 0.0642. The van der Waals surface area contributed by atoms with Gasteiger partial charge in [-0.3, -0.25) is 18.4 Å². The minimum Gasteiger partial charge on any atom is -0.298 e. The average Bonchev–Trinajstić information content (AvgIpc) is 2.58. The molecule has 0 fully saturated rings. The van der Waals surface area contributed by atoms with Crippen LogP contribution < -0.4 is 0 Å². The molecule has 0 N–H and O–H groups in total. The summed E-state index contributed by atoms with van der Waals surface area (Å²) in [5.74, 6) is 0. The maximum Gasteiger partial charge on any atom is 0.397 e. The van der Waals surface area contributed by atoms with Gasteiger partial charge in [-0.2, -0.15) is 0 Å². The van der Waals surface area contributed by atoms with Gasteiger partial charge in [0.1, 0.15) is 0 Å². The van der Waals surface area contributed by atoms with Crippen LogP contribution in [0.2, 0.25) is 0 Å². The van der Waals surface area contributed by atoms with E-state index in [4.69, 9.17) is 9.05 Å². The van der Waals surface area contributed by atoms with E-state index in [0.717, 1.165) is 11.1 Å². The lowest BCUT2D eigenvalue weighted by atomic mass is 10.00. The second-order valence-corrected chi connectivity index (χ2v) is 8.49. The maximum atomic E-state index is 13.1.